The maximum atomic E-state index is 13.4. The topological polar surface area (TPSA) is 35.5 Å². The summed E-state index contributed by atoms with van der Waals surface area (Å²) in [5, 5.41) is 0. The van der Waals surface area contributed by atoms with Crippen molar-refractivity contribution in [2.24, 2.45) is 0 Å². The number of carbonyl (C=O) groups is 1. The van der Waals surface area contributed by atoms with Crippen LogP contribution in [0.1, 0.15) is 10.4 Å². The monoisotopic (exact) mass is 274 g/mol. The van der Waals surface area contributed by atoms with Gasteiger partial charge in [0, 0.05) is 12.7 Å². The molecule has 0 aromatic heterocycles. The molecule has 2 aromatic rings. The quantitative estimate of drug-likeness (QED) is 0.598. The molecule has 0 saturated carbocycles. The van der Waals surface area contributed by atoms with Gasteiger partial charge in [0.15, 0.2) is 6.29 Å². The number of ether oxygens (including phenoxy) is 2. The van der Waals surface area contributed by atoms with E-state index < -0.39 is 5.82 Å². The van der Waals surface area contributed by atoms with Gasteiger partial charge < -0.3 is 9.47 Å². The molecular weight excluding hydrogens is 259 g/mol. The van der Waals surface area contributed by atoms with E-state index in [4.69, 9.17) is 9.47 Å². The van der Waals surface area contributed by atoms with E-state index in [2.05, 4.69) is 0 Å². The van der Waals surface area contributed by atoms with E-state index in [1.54, 1.807) is 13.2 Å². The zero-order chi connectivity index (χ0) is 14.4. The van der Waals surface area contributed by atoms with Crippen molar-refractivity contribution in [3.05, 3.63) is 53.8 Å². The SMILES string of the molecule is COCCOc1ccccc1-c1ccc(F)c(C=O)c1. The van der Waals surface area contributed by atoms with Crippen LogP contribution < -0.4 is 4.74 Å². The predicted molar refractivity (Wildman–Crippen MR) is 74.6 cm³/mol. The Morgan fingerprint density at radius 3 is 2.70 bits per heavy atom. The minimum atomic E-state index is -0.526. The van der Waals surface area contributed by atoms with E-state index in [-0.39, 0.29) is 5.56 Å². The largest absolute Gasteiger partial charge is 0.491 e. The minimum absolute atomic E-state index is 0.0363. The lowest BCUT2D eigenvalue weighted by Crippen LogP contribution is -2.05. The Morgan fingerprint density at radius 2 is 1.95 bits per heavy atom. The molecule has 0 saturated heterocycles. The lowest BCUT2D eigenvalue weighted by Gasteiger charge is -2.11. The number of rotatable bonds is 6. The molecule has 0 amide bonds. The molecule has 0 aliphatic heterocycles. The van der Waals surface area contributed by atoms with Crippen LogP contribution in [-0.2, 0) is 4.74 Å². The minimum Gasteiger partial charge on any atom is -0.491 e. The summed E-state index contributed by atoms with van der Waals surface area (Å²) in [4.78, 5) is 10.8. The average molecular weight is 274 g/mol. The van der Waals surface area contributed by atoms with E-state index >= 15 is 0 Å². The van der Waals surface area contributed by atoms with Crippen molar-refractivity contribution in [3.63, 3.8) is 0 Å². The van der Waals surface area contributed by atoms with Gasteiger partial charge in [0.1, 0.15) is 18.2 Å². The molecule has 0 N–H and O–H groups in total. The molecule has 20 heavy (non-hydrogen) atoms. The van der Waals surface area contributed by atoms with Gasteiger partial charge in [-0.2, -0.15) is 0 Å². The summed E-state index contributed by atoms with van der Waals surface area (Å²) < 4.78 is 23.9. The summed E-state index contributed by atoms with van der Waals surface area (Å²) in [5.74, 6) is 0.148. The Balaban J connectivity index is 2.34. The molecule has 0 heterocycles. The highest BCUT2D eigenvalue weighted by atomic mass is 19.1. The van der Waals surface area contributed by atoms with Gasteiger partial charge >= 0.3 is 0 Å². The predicted octanol–water partition coefficient (Wildman–Crippen LogP) is 3.33. The first-order chi connectivity index (χ1) is 9.76. The second-order valence-corrected chi connectivity index (χ2v) is 4.19. The fourth-order valence-corrected chi connectivity index (χ4v) is 1.87. The Hall–Kier alpha value is -2.20. The van der Waals surface area contributed by atoms with Crippen LogP contribution in [0.25, 0.3) is 11.1 Å². The van der Waals surface area contributed by atoms with Crippen LogP contribution >= 0.6 is 0 Å². The summed E-state index contributed by atoms with van der Waals surface area (Å²) in [5.41, 5.74) is 1.59. The number of methoxy groups -OCH3 is 1. The first kappa shape index (κ1) is 14.2. The summed E-state index contributed by atoms with van der Waals surface area (Å²) in [6.45, 7) is 0.909. The van der Waals surface area contributed by atoms with Crippen molar-refractivity contribution in [2.45, 2.75) is 0 Å². The molecule has 0 aliphatic rings. The van der Waals surface area contributed by atoms with Gasteiger partial charge in [0.2, 0.25) is 0 Å². The number of hydrogen-bond acceptors (Lipinski definition) is 3. The maximum Gasteiger partial charge on any atom is 0.153 e. The number of halogens is 1. The van der Waals surface area contributed by atoms with Gasteiger partial charge in [0.05, 0.1) is 12.2 Å². The van der Waals surface area contributed by atoms with Gasteiger partial charge in [-0.15, -0.1) is 0 Å². The summed E-state index contributed by atoms with van der Waals surface area (Å²) >= 11 is 0. The molecule has 0 spiro atoms. The highest BCUT2D eigenvalue weighted by Gasteiger charge is 2.09. The van der Waals surface area contributed by atoms with Crippen LogP contribution in [0, 0.1) is 5.82 Å². The lowest BCUT2D eigenvalue weighted by atomic mass is 10.0. The molecule has 0 aliphatic carbocycles. The molecule has 0 unspecified atom stereocenters. The normalized spacial score (nSPS) is 10.3. The molecule has 0 bridgehead atoms. The number of hydrogen-bond donors (Lipinski definition) is 0. The molecular formula is C16H15FO3. The van der Waals surface area contributed by atoms with Crippen LogP contribution in [0.2, 0.25) is 0 Å². The number of carbonyl (C=O) groups excluding carboxylic acids is 1. The highest BCUT2D eigenvalue weighted by Crippen LogP contribution is 2.30. The zero-order valence-electron chi connectivity index (χ0n) is 11.1. The van der Waals surface area contributed by atoms with Crippen LogP contribution in [-0.4, -0.2) is 26.6 Å². The Morgan fingerprint density at radius 1 is 1.15 bits per heavy atom. The summed E-state index contributed by atoms with van der Waals surface area (Å²) in [6, 6.07) is 11.8. The third kappa shape index (κ3) is 3.22. The smallest absolute Gasteiger partial charge is 0.153 e. The molecule has 0 fully saturated rings. The third-order valence-electron chi connectivity index (χ3n) is 2.87. The number of aldehydes is 1. The molecule has 4 heteroatoms. The van der Waals surface area contributed by atoms with Crippen molar-refractivity contribution in [2.75, 3.05) is 20.3 Å². The zero-order valence-corrected chi connectivity index (χ0v) is 11.1. The van der Waals surface area contributed by atoms with Crippen molar-refractivity contribution in [3.8, 4) is 16.9 Å². The third-order valence-corrected chi connectivity index (χ3v) is 2.87. The van der Waals surface area contributed by atoms with Crippen molar-refractivity contribution < 1.29 is 18.7 Å². The van der Waals surface area contributed by atoms with Crippen molar-refractivity contribution in [1.82, 2.24) is 0 Å². The van der Waals surface area contributed by atoms with Crippen LogP contribution in [0.5, 0.6) is 5.75 Å². The van der Waals surface area contributed by atoms with E-state index in [0.717, 1.165) is 11.1 Å². The van der Waals surface area contributed by atoms with Gasteiger partial charge in [-0.05, 0) is 23.8 Å². The van der Waals surface area contributed by atoms with Gasteiger partial charge in [-0.3, -0.25) is 4.79 Å². The van der Waals surface area contributed by atoms with E-state index in [1.165, 1.54) is 12.1 Å². The van der Waals surface area contributed by atoms with Crippen molar-refractivity contribution in [1.29, 1.82) is 0 Å². The Kier molecular flexibility index (Phi) is 4.85. The van der Waals surface area contributed by atoms with E-state index in [9.17, 15) is 9.18 Å². The van der Waals surface area contributed by atoms with Crippen LogP contribution in [0.15, 0.2) is 42.5 Å². The average Bonchev–Trinajstić information content (AvgIpc) is 2.49. The van der Waals surface area contributed by atoms with E-state index in [1.807, 2.05) is 24.3 Å². The fraction of sp³-hybridized carbons (Fsp3) is 0.188. The summed E-state index contributed by atoms with van der Waals surface area (Å²) in [6.07, 6.45) is 0.507. The molecule has 0 radical (unpaired) electrons. The van der Waals surface area contributed by atoms with Gasteiger partial charge in [-0.25, -0.2) is 4.39 Å². The summed E-state index contributed by atoms with van der Waals surface area (Å²) in [7, 11) is 1.60. The molecule has 3 nitrogen and oxygen atoms in total. The maximum absolute atomic E-state index is 13.4. The first-order valence-electron chi connectivity index (χ1n) is 6.22. The fourth-order valence-electron chi connectivity index (χ4n) is 1.87. The van der Waals surface area contributed by atoms with Crippen LogP contribution in [0.3, 0.4) is 0 Å². The standard InChI is InChI=1S/C16H15FO3/c1-19-8-9-20-16-5-3-2-4-14(16)12-6-7-15(17)13(10-12)11-18/h2-7,10-11H,8-9H2,1H3. The van der Waals surface area contributed by atoms with Crippen LogP contribution in [0.4, 0.5) is 4.39 Å². The van der Waals surface area contributed by atoms with Crippen molar-refractivity contribution >= 4 is 6.29 Å². The first-order valence-corrected chi connectivity index (χ1v) is 6.22. The molecule has 104 valence electrons. The van der Waals surface area contributed by atoms with Gasteiger partial charge in [0.25, 0.3) is 0 Å². The number of para-hydroxylation sites is 1. The second kappa shape index (κ2) is 6.82. The number of benzene rings is 2. The molecule has 0 atom stereocenters. The van der Waals surface area contributed by atoms with E-state index in [0.29, 0.717) is 25.2 Å². The lowest BCUT2D eigenvalue weighted by molar-refractivity contribution is 0.112. The van der Waals surface area contributed by atoms with Gasteiger partial charge in [-0.1, -0.05) is 24.3 Å². The highest BCUT2D eigenvalue weighted by molar-refractivity contribution is 5.80. The Bertz CT molecular complexity index is 596. The second-order valence-electron chi connectivity index (χ2n) is 4.19. The molecule has 2 rings (SSSR count). The molecule has 2 aromatic carbocycles. The Labute approximate surface area is 117 Å².